The molecule has 0 saturated carbocycles. The molecular formula is C27H54O4Si2. The second-order valence-corrected chi connectivity index (χ2v) is 18.8. The Balaban J connectivity index is 3.16. The van der Waals surface area contributed by atoms with Gasteiger partial charge >= 0.3 is 5.97 Å². The summed E-state index contributed by atoms with van der Waals surface area (Å²) in [5.41, 5.74) is 0. The molecule has 0 radical (unpaired) electrons. The van der Waals surface area contributed by atoms with E-state index >= 15 is 0 Å². The first-order valence-corrected chi connectivity index (χ1v) is 19.2. The van der Waals surface area contributed by atoms with E-state index in [-0.39, 0.29) is 18.0 Å². The molecule has 0 aromatic rings. The molecule has 0 N–H and O–H groups in total. The van der Waals surface area contributed by atoms with Gasteiger partial charge in [0.25, 0.3) is 0 Å². The molecule has 33 heavy (non-hydrogen) atoms. The molecular weight excluding hydrogens is 444 g/mol. The van der Waals surface area contributed by atoms with Crippen LogP contribution in [0, 0.1) is 5.92 Å². The van der Waals surface area contributed by atoms with Crippen LogP contribution in [0.2, 0.25) is 36.3 Å². The normalized spacial score (nSPS) is 18.9. The number of carbonyl (C=O) groups is 1. The summed E-state index contributed by atoms with van der Waals surface area (Å²) in [7, 11) is -3.62. The Bertz CT molecular complexity index is 544. The van der Waals surface area contributed by atoms with Crippen LogP contribution in [0.3, 0.4) is 0 Å². The second-order valence-electron chi connectivity index (χ2n) is 10.0. The number of unbranched alkanes of at least 4 members (excludes halogenated alkanes) is 3. The van der Waals surface area contributed by atoms with Gasteiger partial charge < -0.3 is 13.6 Å². The minimum atomic E-state index is -1.88. The van der Waals surface area contributed by atoms with E-state index in [0.717, 1.165) is 30.3 Å². The summed E-state index contributed by atoms with van der Waals surface area (Å²) in [4.78, 5) is 12.5. The molecule has 2 atom stereocenters. The van der Waals surface area contributed by atoms with E-state index in [1.54, 1.807) is 0 Å². The van der Waals surface area contributed by atoms with E-state index in [0.29, 0.717) is 13.0 Å². The lowest BCUT2D eigenvalue weighted by atomic mass is 10.0. The Morgan fingerprint density at radius 2 is 1.36 bits per heavy atom. The highest BCUT2D eigenvalue weighted by molar-refractivity contribution is 6.74. The second kappa shape index (κ2) is 16.1. The first-order chi connectivity index (χ1) is 15.9. The Morgan fingerprint density at radius 3 is 1.79 bits per heavy atom. The van der Waals surface area contributed by atoms with Crippen LogP contribution >= 0.6 is 0 Å². The van der Waals surface area contributed by atoms with Crippen molar-refractivity contribution in [2.75, 3.05) is 6.61 Å². The highest BCUT2D eigenvalue weighted by Gasteiger charge is 2.42. The molecule has 0 saturated heterocycles. The zero-order valence-corrected chi connectivity index (χ0v) is 25.0. The van der Waals surface area contributed by atoms with E-state index in [1.807, 2.05) is 6.92 Å². The monoisotopic (exact) mass is 498 g/mol. The van der Waals surface area contributed by atoms with E-state index in [2.05, 4.69) is 47.6 Å². The lowest BCUT2D eigenvalue weighted by molar-refractivity contribution is -0.144. The summed E-state index contributed by atoms with van der Waals surface area (Å²) < 4.78 is 19.4. The van der Waals surface area contributed by atoms with E-state index < -0.39 is 16.6 Å². The highest BCUT2D eigenvalue weighted by Crippen LogP contribution is 2.40. The summed E-state index contributed by atoms with van der Waals surface area (Å²) in [5, 5.41) is 0. The third-order valence-electron chi connectivity index (χ3n) is 7.63. The molecule has 1 rings (SSSR count). The van der Waals surface area contributed by atoms with Gasteiger partial charge in [0.05, 0.1) is 24.9 Å². The lowest BCUT2D eigenvalue weighted by Crippen LogP contribution is -2.43. The predicted molar refractivity (Wildman–Crippen MR) is 145 cm³/mol. The summed E-state index contributed by atoms with van der Waals surface area (Å²) in [6, 6.07) is 7.15. The number of hydrogen-bond acceptors (Lipinski definition) is 4. The van der Waals surface area contributed by atoms with Gasteiger partial charge in [0.2, 0.25) is 8.32 Å². The summed E-state index contributed by atoms with van der Waals surface area (Å²) >= 11 is 0. The van der Waals surface area contributed by atoms with Gasteiger partial charge in [-0.25, -0.2) is 0 Å². The first kappa shape index (κ1) is 30.4. The molecule has 1 aliphatic carbocycles. The van der Waals surface area contributed by atoms with Crippen molar-refractivity contribution < 1.29 is 18.4 Å². The van der Waals surface area contributed by atoms with Gasteiger partial charge in [-0.1, -0.05) is 80.1 Å². The van der Waals surface area contributed by atoms with Gasteiger partial charge in [-0.05, 0) is 49.3 Å². The number of esters is 1. The van der Waals surface area contributed by atoms with Crippen molar-refractivity contribution in [2.24, 2.45) is 5.92 Å². The fourth-order valence-corrected chi connectivity index (χ4v) is 12.8. The molecule has 0 aromatic heterocycles. The molecule has 6 heteroatoms. The largest absolute Gasteiger partial charge is 0.547 e. The topological polar surface area (TPSA) is 44.8 Å². The van der Waals surface area contributed by atoms with Crippen molar-refractivity contribution in [1.82, 2.24) is 0 Å². The molecule has 0 aromatic carbocycles. The molecule has 0 heterocycles. The van der Waals surface area contributed by atoms with Crippen molar-refractivity contribution in [3.8, 4) is 0 Å². The highest BCUT2D eigenvalue weighted by atomic mass is 28.4. The standard InChI is InChI=1S/C27H54O4Si2/c1-8-15-18-33(19-16-9-2,20-17-10-3)31-26-23-25(30-32(12-5,13-6)14-7)21-24(26)22-27(28)29-11-4/h21,24,26H,8-20,22-23H2,1-7H3/t24-,26-/m0/s1. The van der Waals surface area contributed by atoms with Crippen LogP contribution in [-0.2, 0) is 18.4 Å². The Morgan fingerprint density at radius 1 is 0.848 bits per heavy atom. The minimum Gasteiger partial charge on any atom is -0.547 e. The average molecular weight is 499 g/mol. The summed E-state index contributed by atoms with van der Waals surface area (Å²) in [6.45, 7) is 16.0. The smallest absolute Gasteiger partial charge is 0.306 e. The van der Waals surface area contributed by atoms with Crippen molar-refractivity contribution in [2.45, 2.75) is 142 Å². The predicted octanol–water partition coefficient (Wildman–Crippen LogP) is 8.60. The number of hydrogen-bond donors (Lipinski definition) is 0. The van der Waals surface area contributed by atoms with Crippen molar-refractivity contribution in [3.05, 3.63) is 11.8 Å². The molecule has 194 valence electrons. The van der Waals surface area contributed by atoms with E-state index in [4.69, 9.17) is 13.6 Å². The molecule has 0 aliphatic heterocycles. The molecule has 4 nitrogen and oxygen atoms in total. The van der Waals surface area contributed by atoms with Crippen LogP contribution in [0.5, 0.6) is 0 Å². The van der Waals surface area contributed by atoms with Crippen LogP contribution in [-0.4, -0.2) is 35.3 Å². The van der Waals surface area contributed by atoms with E-state index in [1.165, 1.54) is 56.7 Å². The lowest BCUT2D eigenvalue weighted by Gasteiger charge is -2.37. The first-order valence-electron chi connectivity index (χ1n) is 14.1. The van der Waals surface area contributed by atoms with Crippen LogP contribution in [0.1, 0.15) is 99.8 Å². The fourth-order valence-electron chi connectivity index (χ4n) is 5.19. The minimum absolute atomic E-state index is 0.0684. The number of ether oxygens (including phenoxy) is 1. The zero-order valence-electron chi connectivity index (χ0n) is 23.0. The van der Waals surface area contributed by atoms with Gasteiger partial charge in [0, 0.05) is 12.3 Å². The van der Waals surface area contributed by atoms with Gasteiger partial charge in [-0.2, -0.15) is 0 Å². The Kier molecular flexibility index (Phi) is 14.9. The third-order valence-corrected chi connectivity index (χ3v) is 16.8. The molecule has 0 spiro atoms. The van der Waals surface area contributed by atoms with Gasteiger partial charge in [0.15, 0.2) is 8.32 Å². The van der Waals surface area contributed by atoms with Gasteiger partial charge in [0.1, 0.15) is 0 Å². The maximum Gasteiger partial charge on any atom is 0.306 e. The van der Waals surface area contributed by atoms with E-state index in [9.17, 15) is 4.79 Å². The van der Waals surface area contributed by atoms with Gasteiger partial charge in [-0.3, -0.25) is 4.79 Å². The molecule has 0 amide bonds. The molecule has 0 unspecified atom stereocenters. The van der Waals surface area contributed by atoms with Gasteiger partial charge in [-0.15, -0.1) is 0 Å². The third kappa shape index (κ3) is 9.89. The summed E-state index contributed by atoms with van der Waals surface area (Å²) in [5.74, 6) is 1.06. The molecule has 0 bridgehead atoms. The summed E-state index contributed by atoms with van der Waals surface area (Å²) in [6.07, 6.45) is 11.0. The van der Waals surface area contributed by atoms with Crippen LogP contribution < -0.4 is 0 Å². The van der Waals surface area contributed by atoms with Crippen molar-refractivity contribution in [1.29, 1.82) is 0 Å². The van der Waals surface area contributed by atoms with Crippen molar-refractivity contribution in [3.63, 3.8) is 0 Å². The van der Waals surface area contributed by atoms with Crippen LogP contribution in [0.15, 0.2) is 11.8 Å². The maximum absolute atomic E-state index is 12.5. The quantitative estimate of drug-likeness (QED) is 0.132. The maximum atomic E-state index is 12.5. The molecule has 0 fully saturated rings. The molecule has 1 aliphatic rings. The Labute approximate surface area is 207 Å². The van der Waals surface area contributed by atoms with Crippen molar-refractivity contribution >= 4 is 22.6 Å². The average Bonchev–Trinajstić information content (AvgIpc) is 3.18. The fraction of sp³-hybridized carbons (Fsp3) is 0.889. The van der Waals surface area contributed by atoms with Crippen LogP contribution in [0.4, 0.5) is 0 Å². The SMILES string of the molecule is CCCC[Si](CCCC)(CCCC)O[C@H]1CC(O[Si](CC)(CC)CC)=C[C@H]1CC(=O)OCC. The Hall–Kier alpha value is -0.596. The number of rotatable bonds is 19. The number of carbonyl (C=O) groups excluding carboxylic acids is 1. The zero-order chi connectivity index (χ0) is 24.7. The van der Waals surface area contributed by atoms with Crippen LogP contribution in [0.25, 0.3) is 0 Å².